The molecule has 1 aliphatic heterocycles. The van der Waals surface area contributed by atoms with Crippen LogP contribution in [0.15, 0.2) is 12.1 Å². The maximum Gasteiger partial charge on any atom is 0.317 e. The number of ether oxygens (including phenoxy) is 1. The van der Waals surface area contributed by atoms with E-state index >= 15 is 0 Å². The molecule has 1 heterocycles. The van der Waals surface area contributed by atoms with Crippen molar-refractivity contribution in [2.24, 2.45) is 5.41 Å². The summed E-state index contributed by atoms with van der Waals surface area (Å²) in [4.78, 5) is 16.9. The van der Waals surface area contributed by atoms with Gasteiger partial charge in [-0.1, -0.05) is 43.1 Å². The molecule has 1 saturated heterocycles. The van der Waals surface area contributed by atoms with Gasteiger partial charge >= 0.3 is 6.03 Å². The minimum atomic E-state index is -0.268. The topological polar surface area (TPSA) is 44.8 Å². The number of rotatable bonds is 4. The first-order chi connectivity index (χ1) is 12.1. The number of carbonyl (C=O) groups is 1. The summed E-state index contributed by atoms with van der Waals surface area (Å²) in [7, 11) is 5.53. The minimum Gasteiger partial charge on any atom is -0.495 e. The second kappa shape index (κ2) is 8.24. The van der Waals surface area contributed by atoms with Crippen LogP contribution in [-0.2, 0) is 0 Å². The molecule has 0 spiro atoms. The number of halogens is 2. The normalized spacial score (nSPS) is 21.2. The van der Waals surface area contributed by atoms with Crippen LogP contribution in [0.3, 0.4) is 0 Å². The first-order valence-electron chi connectivity index (χ1n) is 8.82. The van der Waals surface area contributed by atoms with Crippen molar-refractivity contribution in [3.63, 3.8) is 0 Å². The van der Waals surface area contributed by atoms with E-state index in [9.17, 15) is 4.79 Å². The van der Waals surface area contributed by atoms with Crippen molar-refractivity contribution in [2.75, 3.05) is 34.3 Å². The SMILES string of the molecule is COc1ccc([C@H](C)NC(=O)N(C)C2CCN(C)CC2(C)C)c(Cl)c1Cl. The quantitative estimate of drug-likeness (QED) is 0.810. The van der Waals surface area contributed by atoms with Crippen LogP contribution in [0.2, 0.25) is 10.0 Å². The van der Waals surface area contributed by atoms with Gasteiger partial charge in [0.25, 0.3) is 0 Å². The van der Waals surface area contributed by atoms with Crippen LogP contribution < -0.4 is 10.1 Å². The summed E-state index contributed by atoms with van der Waals surface area (Å²) in [5.74, 6) is 0.518. The molecule has 7 heteroatoms. The lowest BCUT2D eigenvalue weighted by molar-refractivity contribution is 0.0446. The lowest BCUT2D eigenvalue weighted by Gasteiger charge is -2.47. The Labute approximate surface area is 166 Å². The van der Waals surface area contributed by atoms with Crippen molar-refractivity contribution in [3.05, 3.63) is 27.7 Å². The monoisotopic (exact) mass is 401 g/mol. The molecule has 1 unspecified atom stereocenters. The summed E-state index contributed by atoms with van der Waals surface area (Å²) < 4.78 is 5.17. The van der Waals surface area contributed by atoms with E-state index in [1.165, 1.54) is 0 Å². The lowest BCUT2D eigenvalue weighted by atomic mass is 9.78. The van der Waals surface area contributed by atoms with Crippen LogP contribution in [0, 0.1) is 5.41 Å². The van der Waals surface area contributed by atoms with Crippen molar-refractivity contribution < 1.29 is 9.53 Å². The van der Waals surface area contributed by atoms with E-state index in [4.69, 9.17) is 27.9 Å². The zero-order chi connectivity index (χ0) is 19.6. The fourth-order valence-electron chi connectivity index (χ4n) is 3.88. The molecular formula is C19H29Cl2N3O2. The summed E-state index contributed by atoms with van der Waals surface area (Å²) in [6, 6.07) is 3.40. The van der Waals surface area contributed by atoms with Crippen molar-refractivity contribution >= 4 is 29.2 Å². The highest BCUT2D eigenvalue weighted by molar-refractivity contribution is 6.43. The number of carbonyl (C=O) groups excluding carboxylic acids is 1. The molecule has 0 aliphatic carbocycles. The van der Waals surface area contributed by atoms with Gasteiger partial charge in [0.15, 0.2) is 0 Å². The van der Waals surface area contributed by atoms with Gasteiger partial charge in [0.05, 0.1) is 18.2 Å². The molecule has 1 fully saturated rings. The molecule has 2 rings (SSSR count). The Morgan fingerprint density at radius 3 is 2.62 bits per heavy atom. The number of hydrogen-bond donors (Lipinski definition) is 1. The number of benzene rings is 1. The van der Waals surface area contributed by atoms with Gasteiger partial charge in [0, 0.05) is 19.6 Å². The van der Waals surface area contributed by atoms with Gasteiger partial charge < -0.3 is 19.9 Å². The Hall–Kier alpha value is -1.17. The highest BCUT2D eigenvalue weighted by atomic mass is 35.5. The van der Waals surface area contributed by atoms with Gasteiger partial charge in [-0.3, -0.25) is 0 Å². The van der Waals surface area contributed by atoms with Crippen LogP contribution in [0.5, 0.6) is 5.75 Å². The Morgan fingerprint density at radius 1 is 1.38 bits per heavy atom. The maximum atomic E-state index is 12.8. The number of piperidine rings is 1. The molecule has 0 radical (unpaired) electrons. The Balaban J connectivity index is 2.10. The number of amides is 2. The van der Waals surface area contributed by atoms with Crippen LogP contribution in [0.1, 0.15) is 38.8 Å². The van der Waals surface area contributed by atoms with E-state index in [-0.39, 0.29) is 23.5 Å². The summed E-state index contributed by atoms with van der Waals surface area (Å²) in [5.41, 5.74) is 0.797. The van der Waals surface area contributed by atoms with Gasteiger partial charge in [-0.15, -0.1) is 0 Å². The van der Waals surface area contributed by atoms with E-state index in [2.05, 4.69) is 31.1 Å². The van der Waals surface area contributed by atoms with E-state index in [0.29, 0.717) is 15.8 Å². The third-order valence-corrected chi connectivity index (χ3v) is 6.13. The Kier molecular flexibility index (Phi) is 6.70. The Morgan fingerprint density at radius 2 is 2.04 bits per heavy atom. The zero-order valence-corrected chi connectivity index (χ0v) is 17.9. The van der Waals surface area contributed by atoms with Crippen molar-refractivity contribution in [1.82, 2.24) is 15.1 Å². The van der Waals surface area contributed by atoms with Crippen LogP contribution in [0.25, 0.3) is 0 Å². The summed E-state index contributed by atoms with van der Waals surface area (Å²) in [6.07, 6.45) is 0.955. The van der Waals surface area contributed by atoms with Gasteiger partial charge in [-0.2, -0.15) is 0 Å². The molecule has 26 heavy (non-hydrogen) atoms. The minimum absolute atomic E-state index is 0.0311. The van der Waals surface area contributed by atoms with E-state index in [1.54, 1.807) is 13.2 Å². The molecule has 1 N–H and O–H groups in total. The lowest BCUT2D eigenvalue weighted by Crippen LogP contribution is -2.57. The first kappa shape index (κ1) is 21.1. The van der Waals surface area contributed by atoms with Crippen molar-refractivity contribution in [2.45, 2.75) is 39.3 Å². The highest BCUT2D eigenvalue weighted by Gasteiger charge is 2.39. The van der Waals surface area contributed by atoms with Crippen LogP contribution in [0.4, 0.5) is 4.79 Å². The van der Waals surface area contributed by atoms with E-state index in [1.807, 2.05) is 24.9 Å². The fourth-order valence-corrected chi connectivity index (χ4v) is 4.45. The fraction of sp³-hybridized carbons (Fsp3) is 0.632. The average Bonchev–Trinajstić information content (AvgIpc) is 2.55. The van der Waals surface area contributed by atoms with Crippen molar-refractivity contribution in [3.8, 4) is 5.75 Å². The first-order valence-corrected chi connectivity index (χ1v) is 9.57. The van der Waals surface area contributed by atoms with Crippen LogP contribution >= 0.6 is 23.2 Å². The molecule has 1 aromatic rings. The smallest absolute Gasteiger partial charge is 0.317 e. The second-order valence-corrected chi connectivity index (χ2v) is 8.55. The number of methoxy groups -OCH3 is 1. The molecule has 0 aromatic heterocycles. The largest absolute Gasteiger partial charge is 0.495 e. The standard InChI is InChI=1S/C19H29Cl2N3O2/c1-12(13-7-8-14(26-6)17(21)16(13)20)22-18(25)24(5)15-9-10-23(4)11-19(15,2)3/h7-8,12,15H,9-11H2,1-6H3,(H,22,25)/t12-,15?/m0/s1. The predicted octanol–water partition coefficient (Wildman–Crippen LogP) is 4.43. The number of likely N-dealkylation sites (tertiary alicyclic amines) is 1. The zero-order valence-electron chi connectivity index (χ0n) is 16.4. The summed E-state index contributed by atoms with van der Waals surface area (Å²) in [5, 5.41) is 3.80. The molecule has 0 saturated carbocycles. The molecule has 1 aromatic carbocycles. The third kappa shape index (κ3) is 4.38. The predicted molar refractivity (Wildman–Crippen MR) is 107 cm³/mol. The highest BCUT2D eigenvalue weighted by Crippen LogP contribution is 2.37. The maximum absolute atomic E-state index is 12.8. The van der Waals surface area contributed by atoms with Crippen molar-refractivity contribution in [1.29, 1.82) is 0 Å². The Bertz CT molecular complexity index is 666. The van der Waals surface area contributed by atoms with Gasteiger partial charge in [0.1, 0.15) is 10.8 Å². The van der Waals surface area contributed by atoms with Crippen LogP contribution in [-0.4, -0.2) is 56.2 Å². The molecule has 0 bridgehead atoms. The average molecular weight is 402 g/mol. The van der Waals surface area contributed by atoms with Gasteiger partial charge in [-0.25, -0.2) is 4.79 Å². The summed E-state index contributed by atoms with van der Waals surface area (Å²) in [6.45, 7) is 8.27. The molecular weight excluding hydrogens is 373 g/mol. The third-order valence-electron chi connectivity index (χ3n) is 5.25. The molecule has 2 atom stereocenters. The van der Waals surface area contributed by atoms with Gasteiger partial charge in [-0.05, 0) is 44.0 Å². The second-order valence-electron chi connectivity index (χ2n) is 7.80. The number of nitrogens with zero attached hydrogens (tertiary/aromatic N) is 2. The summed E-state index contributed by atoms with van der Waals surface area (Å²) >= 11 is 12.6. The number of nitrogens with one attached hydrogen (secondary N) is 1. The molecule has 2 amide bonds. The van der Waals surface area contributed by atoms with E-state index < -0.39 is 0 Å². The molecule has 146 valence electrons. The number of hydrogen-bond acceptors (Lipinski definition) is 3. The van der Waals surface area contributed by atoms with Gasteiger partial charge in [0.2, 0.25) is 0 Å². The molecule has 5 nitrogen and oxygen atoms in total. The van der Waals surface area contributed by atoms with E-state index in [0.717, 1.165) is 25.1 Å². The molecule has 1 aliphatic rings. The number of urea groups is 1.